The van der Waals surface area contributed by atoms with Crippen LogP contribution in [0.5, 0.6) is 0 Å². The lowest BCUT2D eigenvalue weighted by Crippen LogP contribution is -2.44. The average molecular weight is 331 g/mol. The maximum atomic E-state index is 12.5. The number of ether oxygens (including phenoxy) is 1. The highest BCUT2D eigenvalue weighted by molar-refractivity contribution is 6.68. The van der Waals surface area contributed by atoms with Gasteiger partial charge in [0.1, 0.15) is 11.4 Å². The van der Waals surface area contributed by atoms with Gasteiger partial charge in [-0.05, 0) is 12.1 Å². The summed E-state index contributed by atoms with van der Waals surface area (Å²) in [5.41, 5.74) is -0.181. The molecule has 23 heavy (non-hydrogen) atoms. The molecule has 0 bridgehead atoms. The number of amides is 1. The molecule has 9 nitrogen and oxygen atoms in total. The van der Waals surface area contributed by atoms with Crippen LogP contribution in [0, 0.1) is 0 Å². The van der Waals surface area contributed by atoms with Crippen LogP contribution in [0.1, 0.15) is 11.3 Å². The lowest BCUT2D eigenvalue weighted by Gasteiger charge is -2.20. The lowest BCUT2D eigenvalue weighted by molar-refractivity contribution is -0.141. The number of aliphatic carboxylic acids is 1. The highest BCUT2D eigenvalue weighted by Crippen LogP contribution is 2.27. The first-order chi connectivity index (χ1) is 10.7. The number of halogens is 3. The molecular weight excluding hydrogens is 323 g/mol. The Bertz CT molecular complexity index is 699. The fraction of sp³-hybridized carbons (Fsp3) is 0.182. The first-order valence-electron chi connectivity index (χ1n) is 5.81. The van der Waals surface area contributed by atoms with E-state index in [1.807, 2.05) is 5.53 Å². The van der Waals surface area contributed by atoms with Crippen molar-refractivity contribution >= 4 is 23.5 Å². The maximum Gasteiger partial charge on any atom is 0.451 e. The van der Waals surface area contributed by atoms with Gasteiger partial charge in [-0.25, -0.2) is 9.59 Å². The monoisotopic (exact) mass is 331 g/mol. The molecule has 1 aromatic heterocycles. The fourth-order valence-corrected chi connectivity index (χ4v) is 1.53. The Morgan fingerprint density at radius 1 is 1.35 bits per heavy atom. The highest BCUT2D eigenvalue weighted by Gasteiger charge is 2.33. The van der Waals surface area contributed by atoms with Gasteiger partial charge in [0.05, 0.1) is 7.11 Å². The molecule has 0 saturated heterocycles. The highest BCUT2D eigenvalue weighted by atomic mass is 19.4. The van der Waals surface area contributed by atoms with Crippen LogP contribution in [0.2, 0.25) is 0 Å². The summed E-state index contributed by atoms with van der Waals surface area (Å²) in [4.78, 5) is 25.7. The molecule has 1 amide bonds. The van der Waals surface area contributed by atoms with Gasteiger partial charge in [0, 0.05) is 11.8 Å². The Balaban J connectivity index is 2.42. The number of rotatable bonds is 2. The van der Waals surface area contributed by atoms with Crippen LogP contribution in [0.3, 0.4) is 0 Å². The molecule has 12 heteroatoms. The Hall–Kier alpha value is -3.18. The average Bonchev–Trinajstić information content (AvgIpc) is 2.52. The van der Waals surface area contributed by atoms with Crippen LogP contribution >= 0.6 is 0 Å². The predicted octanol–water partition coefficient (Wildman–Crippen LogP) is 0.832. The zero-order valence-corrected chi connectivity index (χ0v) is 11.3. The normalized spacial score (nSPS) is 14.5. The third-order valence-corrected chi connectivity index (χ3v) is 2.56. The van der Waals surface area contributed by atoms with Crippen LogP contribution < -0.4 is 5.53 Å². The largest absolute Gasteiger partial charge is 0.476 e. The molecule has 1 aliphatic heterocycles. The molecule has 0 spiro atoms. The van der Waals surface area contributed by atoms with Crippen LogP contribution in [0.25, 0.3) is 0 Å². The molecule has 2 N–H and O–H groups in total. The van der Waals surface area contributed by atoms with Crippen molar-refractivity contribution in [2.24, 2.45) is 10.2 Å². The number of hydrazone groups is 2. The van der Waals surface area contributed by atoms with E-state index in [0.29, 0.717) is 11.2 Å². The summed E-state index contributed by atoms with van der Waals surface area (Å²) in [6.07, 6.45) is -4.87. The maximum absolute atomic E-state index is 12.5. The van der Waals surface area contributed by atoms with Crippen molar-refractivity contribution in [1.82, 2.24) is 15.6 Å². The fourth-order valence-electron chi connectivity index (χ4n) is 1.53. The van der Waals surface area contributed by atoms with Crippen molar-refractivity contribution in [2.45, 2.75) is 6.18 Å². The van der Waals surface area contributed by atoms with Crippen molar-refractivity contribution in [2.75, 3.05) is 7.11 Å². The molecule has 0 aliphatic carbocycles. The minimum atomic E-state index is -4.64. The molecule has 0 saturated carbocycles. The first-order valence-corrected chi connectivity index (χ1v) is 5.81. The number of hydrazine groups is 1. The van der Waals surface area contributed by atoms with Gasteiger partial charge >= 0.3 is 18.2 Å². The summed E-state index contributed by atoms with van der Waals surface area (Å²) in [7, 11) is 1.05. The third-order valence-electron chi connectivity index (χ3n) is 2.56. The topological polar surface area (TPSA) is 116 Å². The number of aromatic nitrogens is 1. The summed E-state index contributed by atoms with van der Waals surface area (Å²) >= 11 is 0. The summed E-state index contributed by atoms with van der Waals surface area (Å²) in [5.74, 6) is -1.50. The van der Waals surface area contributed by atoms with E-state index in [-0.39, 0.29) is 11.3 Å². The standard InChI is InChI=1S/C11H8F3N5O4/c1-23-10(22)19-17-7(8(9(20)21)16-18-19)5-2-3-6(15-4-5)11(12,13)14/h2-4,18H,1H3,(H,20,21). The molecular formula is C11H8F3N5O4. The number of hydrogen-bond acceptors (Lipinski definition) is 7. The number of nitrogens with one attached hydrogen (secondary N) is 1. The second-order valence-corrected chi connectivity index (χ2v) is 4.03. The third kappa shape index (κ3) is 3.36. The Morgan fingerprint density at radius 2 is 2.04 bits per heavy atom. The number of nitrogens with zero attached hydrogens (tertiary/aromatic N) is 4. The predicted molar refractivity (Wildman–Crippen MR) is 68.2 cm³/mol. The molecule has 0 unspecified atom stereocenters. The minimum Gasteiger partial charge on any atom is -0.476 e. The smallest absolute Gasteiger partial charge is 0.451 e. The molecule has 0 radical (unpaired) electrons. The number of hydrogen-bond donors (Lipinski definition) is 2. The van der Waals surface area contributed by atoms with Crippen molar-refractivity contribution in [1.29, 1.82) is 0 Å². The van der Waals surface area contributed by atoms with Gasteiger partial charge in [-0.2, -0.15) is 18.7 Å². The van der Waals surface area contributed by atoms with E-state index in [1.54, 1.807) is 0 Å². The van der Waals surface area contributed by atoms with Gasteiger partial charge in [0.15, 0.2) is 5.71 Å². The van der Waals surface area contributed by atoms with Crippen molar-refractivity contribution in [3.05, 3.63) is 29.6 Å². The second kappa shape index (κ2) is 5.90. The first kappa shape index (κ1) is 16.2. The van der Waals surface area contributed by atoms with Gasteiger partial charge < -0.3 is 9.84 Å². The number of methoxy groups -OCH3 is 1. The van der Waals surface area contributed by atoms with Gasteiger partial charge in [-0.1, -0.05) is 5.12 Å². The second-order valence-electron chi connectivity index (χ2n) is 4.03. The molecule has 0 atom stereocenters. The number of carbonyl (C=O) groups is 2. The Kier molecular flexibility index (Phi) is 4.16. The number of alkyl halides is 3. The van der Waals surface area contributed by atoms with Gasteiger partial charge in [-0.15, -0.1) is 10.2 Å². The summed E-state index contributed by atoms with van der Waals surface area (Å²) in [6.45, 7) is 0. The summed E-state index contributed by atoms with van der Waals surface area (Å²) in [5, 5.41) is 16.6. The number of carboxylic acid groups (broad SMARTS) is 1. The number of pyridine rings is 1. The van der Waals surface area contributed by atoms with Crippen molar-refractivity contribution in [3.8, 4) is 0 Å². The van der Waals surface area contributed by atoms with Crippen molar-refractivity contribution in [3.63, 3.8) is 0 Å². The van der Waals surface area contributed by atoms with Crippen LogP contribution in [-0.2, 0) is 15.7 Å². The van der Waals surface area contributed by atoms with Gasteiger partial charge in [-0.3, -0.25) is 4.98 Å². The molecule has 0 aromatic carbocycles. The zero-order valence-electron chi connectivity index (χ0n) is 11.3. The van der Waals surface area contributed by atoms with E-state index in [0.717, 1.165) is 19.4 Å². The minimum absolute atomic E-state index is 0.0745. The van der Waals surface area contributed by atoms with Gasteiger partial charge in [0.25, 0.3) is 0 Å². The van der Waals surface area contributed by atoms with Crippen LogP contribution in [0.4, 0.5) is 18.0 Å². The molecule has 0 fully saturated rings. The quantitative estimate of drug-likeness (QED) is 0.829. The van der Waals surface area contributed by atoms with E-state index >= 15 is 0 Å². The number of carbonyl (C=O) groups excluding carboxylic acids is 1. The van der Waals surface area contributed by atoms with E-state index < -0.39 is 29.6 Å². The Morgan fingerprint density at radius 3 is 2.52 bits per heavy atom. The van der Waals surface area contributed by atoms with E-state index in [9.17, 15) is 22.8 Å². The number of carboxylic acids is 1. The molecule has 1 aliphatic rings. The Labute approximate surface area is 126 Å². The van der Waals surface area contributed by atoms with Crippen LogP contribution in [0.15, 0.2) is 28.5 Å². The molecule has 1 aromatic rings. The molecule has 2 rings (SSSR count). The zero-order chi connectivity index (χ0) is 17.2. The van der Waals surface area contributed by atoms with E-state index in [1.165, 1.54) is 0 Å². The molecule has 2 heterocycles. The summed E-state index contributed by atoms with van der Waals surface area (Å²) in [6, 6.07) is 1.62. The van der Waals surface area contributed by atoms with Gasteiger partial charge in [0.2, 0.25) is 0 Å². The molecule has 122 valence electrons. The van der Waals surface area contributed by atoms with Crippen LogP contribution in [-0.4, -0.2) is 45.8 Å². The summed E-state index contributed by atoms with van der Waals surface area (Å²) < 4.78 is 41.8. The van der Waals surface area contributed by atoms with E-state index in [4.69, 9.17) is 5.11 Å². The lowest BCUT2D eigenvalue weighted by atomic mass is 10.1. The van der Waals surface area contributed by atoms with E-state index in [2.05, 4.69) is 19.9 Å². The SMILES string of the molecule is COC(=O)N1N=C(c2ccc(C(F)(F)F)nc2)C(C(=O)O)=NN1. The van der Waals surface area contributed by atoms with Crippen molar-refractivity contribution < 1.29 is 32.6 Å².